The number of likely N-dealkylation sites (tertiary alicyclic amines) is 2. The number of carboxylic acid groups (broad SMARTS) is 1. The van der Waals surface area contributed by atoms with Crippen LogP contribution in [0, 0.1) is 22.7 Å². The van der Waals surface area contributed by atoms with Gasteiger partial charge in [0.2, 0.25) is 55.5 Å². The van der Waals surface area contributed by atoms with Crippen LogP contribution in [0.4, 0.5) is 21.0 Å². The summed E-state index contributed by atoms with van der Waals surface area (Å²) in [7, 11) is -5.30. The number of nitrogens with two attached hydrogens (primary N) is 1. The lowest BCUT2D eigenvalue weighted by Crippen LogP contribution is -2.60. The summed E-state index contributed by atoms with van der Waals surface area (Å²) < 4.78 is 84.3. The Morgan fingerprint density at radius 1 is 0.496 bits per heavy atom. The standard InChI is InChI=1S/C48H56N6O10S.C38H46N4O8.C10H12N2O3S/c1-9-30-27-48(30,43(58)53-65(60,61)47(22-23-47)42(57)49-31-18-14-11-15-19-31)52-40(55)37-25-33(28-54(37)41(56)39(45(2,3)4)51-44(59)64-46(5,6)7)63-38-26-35(29-16-12-10-13-17-29)50-36-24-32(62-8)20-21-34(36)38;1-9-23-20-38(23,34(45)46)41-32(43)29-18-25(21-42(29)33(44)31(36(2,3)4)40-35(47)50-37(5,6)7)49-30-19-27(22-13-11-10-12-14-22)39-28-17-24(48-8)15-16-26(28)30;11-16(14,15)10(6-7-10)9(13)12-8-4-2-1-3-5-8/h9-21,24,26,30,33,37,39H,1,22-23,25,27-28H2,2-8H3,(H,49,57)(H,51,59)(H,52,55)(H,53,58);9-17,19,23,25,29,31H,1,18,20-21H2,2-8H3,(H,40,47)(H,41,43)(H,45,46);1-5H,6-7H2,(H,12,13)(H2,11,14,15)/t30?,33-,37+,39-,48-;23?,25-,29+,31-,38-;/m11./s1. The number of carbonyl (C=O) groups is 10. The molecule has 35 heteroatoms. The number of alkyl carbamates (subject to hydrolysis) is 2. The average molecular weight is 1840 g/mol. The Morgan fingerprint density at radius 3 is 1.18 bits per heavy atom. The second kappa shape index (κ2) is 37.8. The fourth-order valence-corrected chi connectivity index (χ4v) is 18.4. The van der Waals surface area contributed by atoms with Gasteiger partial charge in [0.25, 0.3) is 5.91 Å². The number of hydrogen-bond acceptors (Lipinski definition) is 22. The average Bonchev–Trinajstić information content (AvgIpc) is 1.55. The molecule has 0 spiro atoms. The number of nitrogens with zero attached hydrogens (tertiary/aromatic N) is 4. The second-order valence-electron chi connectivity index (χ2n) is 37.8. The van der Waals surface area contributed by atoms with E-state index in [9.17, 15) is 69.9 Å². The monoisotopic (exact) mass is 1830 g/mol. The van der Waals surface area contributed by atoms with Crippen LogP contribution in [-0.2, 0) is 67.9 Å². The number of nitrogens with one attached hydrogen (secondary N) is 7. The Balaban J connectivity index is 0.000000206. The Kier molecular flexibility index (Phi) is 28.0. The number of ether oxygens (including phenoxy) is 6. The van der Waals surface area contributed by atoms with Gasteiger partial charge in [0.05, 0.1) is 49.7 Å². The van der Waals surface area contributed by atoms with Crippen molar-refractivity contribution in [3.05, 3.63) is 195 Å². The molecule has 0 bridgehead atoms. The van der Waals surface area contributed by atoms with E-state index in [2.05, 4.69) is 49.8 Å². The van der Waals surface area contributed by atoms with Crippen molar-refractivity contribution in [2.75, 3.05) is 37.9 Å². The molecule has 9 amide bonds. The van der Waals surface area contributed by atoms with Gasteiger partial charge in [0.1, 0.15) is 81.7 Å². The molecule has 2 aliphatic heterocycles. The van der Waals surface area contributed by atoms with Gasteiger partial charge in [-0.05, 0) is 139 Å². The molecule has 4 aliphatic carbocycles. The summed E-state index contributed by atoms with van der Waals surface area (Å²) >= 11 is 0. The number of carbonyl (C=O) groups excluding carboxylic acids is 9. The van der Waals surface area contributed by atoms with E-state index in [1.165, 1.54) is 22.0 Å². The fourth-order valence-electron chi connectivity index (χ4n) is 15.9. The molecule has 4 saturated carbocycles. The van der Waals surface area contributed by atoms with Crippen LogP contribution < -0.4 is 60.7 Å². The molecule has 6 aliphatic rings. The lowest BCUT2D eigenvalue weighted by Gasteiger charge is -2.36. The maximum atomic E-state index is 14.8. The predicted molar refractivity (Wildman–Crippen MR) is 492 cm³/mol. The minimum absolute atomic E-state index is 0.00689. The first-order valence-corrected chi connectivity index (χ1v) is 46.0. The summed E-state index contributed by atoms with van der Waals surface area (Å²) in [5, 5.41) is 32.5. The van der Waals surface area contributed by atoms with Crippen molar-refractivity contribution in [3.8, 4) is 45.5 Å². The summed E-state index contributed by atoms with van der Waals surface area (Å²) in [4.78, 5) is 148. The number of sulfonamides is 2. The number of fused-ring (bicyclic) bond motifs is 2. The highest BCUT2D eigenvalue weighted by molar-refractivity contribution is 7.92. The van der Waals surface area contributed by atoms with Crippen molar-refractivity contribution in [2.24, 2.45) is 27.8 Å². The van der Waals surface area contributed by atoms with Crippen LogP contribution in [0.2, 0.25) is 0 Å². The molecular formula is C96H114N12O21S2. The van der Waals surface area contributed by atoms with Gasteiger partial charge in [-0.15, -0.1) is 13.2 Å². The zero-order valence-electron chi connectivity index (χ0n) is 75.7. The first-order valence-electron chi connectivity index (χ1n) is 43.0. The molecule has 6 fully saturated rings. The highest BCUT2D eigenvalue weighted by Crippen LogP contribution is 2.50. The molecular weight excluding hydrogens is 1720 g/mol. The molecule has 8 aromatic rings. The minimum Gasteiger partial charge on any atom is -0.497 e. The predicted octanol–water partition coefficient (Wildman–Crippen LogP) is 11.7. The smallest absolute Gasteiger partial charge is 0.408 e. The molecule has 10 atom stereocenters. The van der Waals surface area contributed by atoms with Gasteiger partial charge in [-0.2, -0.15) is 0 Å². The second-order valence-corrected chi connectivity index (χ2v) is 41.7. The molecule has 0 radical (unpaired) electrons. The van der Waals surface area contributed by atoms with Gasteiger partial charge in [0.15, 0.2) is 9.49 Å². The number of primary sulfonamides is 1. The third-order valence-corrected chi connectivity index (χ3v) is 27.4. The number of aromatic nitrogens is 2. The van der Waals surface area contributed by atoms with E-state index in [-0.39, 0.29) is 51.6 Å². The molecule has 4 heterocycles. The van der Waals surface area contributed by atoms with E-state index in [1.807, 2.05) is 91.0 Å². The number of aliphatic carboxylic acids is 1. The van der Waals surface area contributed by atoms with Crippen LogP contribution in [-0.4, -0.2) is 197 Å². The highest BCUT2D eigenvalue weighted by atomic mass is 32.2. The molecule has 2 saturated heterocycles. The zero-order chi connectivity index (χ0) is 95.5. The van der Waals surface area contributed by atoms with Crippen molar-refractivity contribution < 1.29 is 98.3 Å². The number of amides is 9. The van der Waals surface area contributed by atoms with E-state index in [1.54, 1.807) is 176 Å². The number of para-hydroxylation sites is 2. The maximum absolute atomic E-state index is 14.8. The Labute approximate surface area is 761 Å². The van der Waals surface area contributed by atoms with Crippen LogP contribution in [0.25, 0.3) is 44.3 Å². The van der Waals surface area contributed by atoms with Gasteiger partial charge in [-0.1, -0.05) is 151 Å². The lowest BCUT2D eigenvalue weighted by molar-refractivity contribution is -0.146. The fraction of sp³-hybridized carbons (Fsp3) is 0.417. The highest BCUT2D eigenvalue weighted by Gasteiger charge is 2.67. The van der Waals surface area contributed by atoms with Crippen molar-refractivity contribution >= 4 is 113 Å². The van der Waals surface area contributed by atoms with Crippen LogP contribution in [0.1, 0.15) is 134 Å². The number of anilines is 2. The molecule has 696 valence electrons. The maximum Gasteiger partial charge on any atom is 0.408 e. The van der Waals surface area contributed by atoms with Gasteiger partial charge >= 0.3 is 18.2 Å². The minimum atomic E-state index is -4.61. The van der Waals surface area contributed by atoms with Crippen molar-refractivity contribution in [1.29, 1.82) is 0 Å². The molecule has 131 heavy (non-hydrogen) atoms. The summed E-state index contributed by atoms with van der Waals surface area (Å²) in [6, 6.07) is 46.0. The Morgan fingerprint density at radius 2 is 0.855 bits per heavy atom. The van der Waals surface area contributed by atoms with E-state index < -0.39 is 170 Å². The third kappa shape index (κ3) is 22.2. The largest absolute Gasteiger partial charge is 0.497 e. The van der Waals surface area contributed by atoms with Crippen molar-refractivity contribution in [3.63, 3.8) is 0 Å². The summed E-state index contributed by atoms with van der Waals surface area (Å²) in [6.45, 7) is 28.3. The normalized spacial score (nSPS) is 21.4. The molecule has 2 unspecified atom stereocenters. The molecule has 14 rings (SSSR count). The van der Waals surface area contributed by atoms with Gasteiger partial charge in [0, 0.05) is 82.2 Å². The number of carboxylic acids is 1. The molecule has 6 aromatic carbocycles. The number of pyridine rings is 2. The SMILES string of the molecule is C=CC1C[C@]1(NC(=O)[C@@H]1C[C@@H](Oc2cc(-c3ccccc3)nc3cc(OC)ccc23)CN1C(=O)[C@@H](NC(=O)OC(C)(C)C)C(C)(C)C)C(=O)NS(=O)(=O)C1(C(=O)Nc2ccccc2)CC1.C=CC1C[C@]1(NC(=O)[C@@H]1C[C@@H](Oc2cc(-c3ccccc3)nc3cc(OC)ccc23)CN1C(=O)[C@@H](NC(=O)OC(C)(C)C)C(C)(C)C)C(=O)O.NS(=O)(=O)C1(C(=O)Nc2ccccc2)CC1. The van der Waals surface area contributed by atoms with Crippen LogP contribution in [0.5, 0.6) is 23.0 Å². The summed E-state index contributed by atoms with van der Waals surface area (Å²) in [6.07, 6.45) is 0.633. The van der Waals surface area contributed by atoms with Crippen LogP contribution in [0.15, 0.2) is 195 Å². The van der Waals surface area contributed by atoms with Gasteiger partial charge in [-0.25, -0.2) is 46.3 Å². The van der Waals surface area contributed by atoms with Crippen molar-refractivity contribution in [1.82, 2.24) is 45.8 Å². The van der Waals surface area contributed by atoms with Crippen LogP contribution in [0.3, 0.4) is 0 Å². The first kappa shape index (κ1) is 97.0. The van der Waals surface area contributed by atoms with E-state index in [0.717, 1.165) is 11.1 Å². The summed E-state index contributed by atoms with van der Waals surface area (Å²) in [5.41, 5.74) is -1.51. The number of methoxy groups -OCH3 is 2. The molecule has 33 nitrogen and oxygen atoms in total. The number of benzene rings is 6. The lowest BCUT2D eigenvalue weighted by atomic mass is 9.85. The van der Waals surface area contributed by atoms with E-state index in [4.69, 9.17) is 43.5 Å². The molecule has 10 N–H and O–H groups in total. The molecule has 2 aromatic heterocycles. The first-order chi connectivity index (χ1) is 61.5. The van der Waals surface area contributed by atoms with Crippen LogP contribution >= 0.6 is 0 Å². The summed E-state index contributed by atoms with van der Waals surface area (Å²) in [5.74, 6) is -5.08. The zero-order valence-corrected chi connectivity index (χ0v) is 77.4. The number of hydrogen-bond donors (Lipinski definition) is 9. The Bertz CT molecular complexity index is 5960. The van der Waals surface area contributed by atoms with Crippen molar-refractivity contribution in [2.45, 2.75) is 203 Å². The Hall–Kier alpha value is -13.0. The van der Waals surface area contributed by atoms with Gasteiger partial charge in [-0.3, -0.25) is 38.3 Å². The quantitative estimate of drug-likeness (QED) is 0.0216. The third-order valence-electron chi connectivity index (χ3n) is 23.6. The topological polar surface area (TPSA) is 457 Å². The number of rotatable bonds is 27. The van der Waals surface area contributed by atoms with E-state index in [0.29, 0.717) is 80.4 Å². The van der Waals surface area contributed by atoms with E-state index >= 15 is 0 Å². The van der Waals surface area contributed by atoms with Gasteiger partial charge < -0.3 is 75.2 Å².